The fourth-order valence-corrected chi connectivity index (χ4v) is 28.3. The Bertz CT molecular complexity index is 9110. The number of nitrogens with zero attached hydrogens (tertiary/aromatic N) is 12. The van der Waals surface area contributed by atoms with Crippen molar-refractivity contribution in [3.63, 3.8) is 0 Å². The summed E-state index contributed by atoms with van der Waals surface area (Å²) in [5, 5.41) is 14.7. The molecule has 0 N–H and O–H groups in total. The van der Waals surface area contributed by atoms with Crippen molar-refractivity contribution in [2.45, 2.75) is 127 Å². The number of aryl methyl sites for hydroxylation is 7. The van der Waals surface area contributed by atoms with Crippen molar-refractivity contribution in [1.82, 2.24) is 56.1 Å². The van der Waals surface area contributed by atoms with E-state index < -0.39 is 24.2 Å². The molecule has 24 aromatic rings. The number of hydrogen-bond donors (Lipinski definition) is 0. The third-order valence-corrected chi connectivity index (χ3v) is 39.4. The number of imidazole rings is 3. The summed E-state index contributed by atoms with van der Waals surface area (Å²) >= 11 is 0. The molecule has 0 saturated carbocycles. The SMILES string of the molecule is Cc1cccc(C)c1-c1ccnc(-n2c3[c-]c([Si](C)(C)c4[c-]c(-n5[cH+]n(C(C)(C)C)c6ccccc65)ccc4)ccc3c3ccccc32)c1.Cc1cccc(C)c1-c1ccnc(-n2c3[c-]c([Si](C)(C)c4[c-]c(-n5[cH+]n(C(C)C)c6ccccc65)ccc4)ccc3c3ccccc32)c1.Cc1cccc(C)c1-c1ccnc(-n2c3[c-]c([Si](C)(C)c4[c-]c(-n5[cH+]n(C)c6ccccc65)ccc4)ccc3c3ccccc32)c1.[Pt].[Pt].[Pt]. The summed E-state index contributed by atoms with van der Waals surface area (Å²) in [6, 6.07) is 142. The van der Waals surface area contributed by atoms with Gasteiger partial charge in [0.05, 0.1) is 35.8 Å². The second-order valence-corrected chi connectivity index (χ2v) is 54.3. The smallest absolute Gasteiger partial charge is 0.188 e. The van der Waals surface area contributed by atoms with Crippen LogP contribution in [0.2, 0.25) is 39.3 Å². The van der Waals surface area contributed by atoms with E-state index in [4.69, 9.17) is 15.0 Å². The summed E-state index contributed by atoms with van der Waals surface area (Å²) in [6.45, 7) is 38.8. The quantitative estimate of drug-likeness (QED) is 0.0714. The summed E-state index contributed by atoms with van der Waals surface area (Å²) in [5.74, 6) is 2.71. The van der Waals surface area contributed by atoms with E-state index >= 15 is 0 Å². The van der Waals surface area contributed by atoms with Crippen molar-refractivity contribution in [3.05, 3.63) is 435 Å². The zero-order valence-corrected chi connectivity index (χ0v) is 95.4. The number of fused-ring (bicyclic) bond motifs is 12. The molecule has 9 aromatic heterocycles. The van der Waals surface area contributed by atoms with Gasteiger partial charge in [-0.05, 0) is 250 Å². The Kier molecular flexibility index (Phi) is 27.8. The molecule has 24 rings (SSSR count). The summed E-state index contributed by atoms with van der Waals surface area (Å²) in [6.07, 6.45) is 12.4. The minimum Gasteiger partial charge on any atom is -0.319 e. The van der Waals surface area contributed by atoms with Gasteiger partial charge in [-0.3, -0.25) is 0 Å². The van der Waals surface area contributed by atoms with Gasteiger partial charge in [-0.25, -0.2) is 42.4 Å². The van der Waals surface area contributed by atoms with Crippen LogP contribution in [0.1, 0.15) is 74.0 Å². The topological polar surface area (TPSA) is 83.0 Å². The van der Waals surface area contributed by atoms with Gasteiger partial charge in [0.2, 0.25) is 0 Å². The Morgan fingerprint density at radius 2 is 0.548 bits per heavy atom. The van der Waals surface area contributed by atoms with Crippen LogP contribution in [0.15, 0.2) is 365 Å². The van der Waals surface area contributed by atoms with Crippen molar-refractivity contribution in [2.75, 3.05) is 0 Å². The normalized spacial score (nSPS) is 11.9. The number of aromatic nitrogens is 12. The first-order valence-corrected chi connectivity index (χ1v) is 58.6. The van der Waals surface area contributed by atoms with Gasteiger partial charge >= 0.3 is 0 Å². The van der Waals surface area contributed by atoms with Crippen LogP contribution in [0.3, 0.4) is 0 Å². The third kappa shape index (κ3) is 18.1. The van der Waals surface area contributed by atoms with Gasteiger partial charge in [0.25, 0.3) is 0 Å². The second kappa shape index (κ2) is 40.2. The van der Waals surface area contributed by atoms with E-state index in [1.54, 1.807) is 0 Å². The van der Waals surface area contributed by atoms with Crippen molar-refractivity contribution >= 4 is 154 Å². The maximum atomic E-state index is 4.95. The average Bonchev–Trinajstić information content (AvgIpc) is 1.58. The number of rotatable bonds is 16. The van der Waals surface area contributed by atoms with Crippen LogP contribution in [-0.2, 0) is 75.8 Å². The van der Waals surface area contributed by atoms with Crippen LogP contribution in [0.25, 0.3) is 166 Å². The van der Waals surface area contributed by atoms with Gasteiger partial charge in [-0.2, -0.15) is 122 Å². The largest absolute Gasteiger partial charge is 0.319 e. The molecule has 146 heavy (non-hydrogen) atoms. The van der Waals surface area contributed by atoms with E-state index in [1.807, 2.05) is 18.6 Å². The van der Waals surface area contributed by atoms with Gasteiger partial charge < -0.3 is 13.7 Å². The fraction of sp³-hybridized carbons (Fsp3) is 0.156. The maximum absolute atomic E-state index is 4.95. The van der Waals surface area contributed by atoms with Gasteiger partial charge in [-0.15, -0.1) is 52.6 Å². The Morgan fingerprint density at radius 3 is 0.884 bits per heavy atom. The molecular formula is C128H115N12Pt3Si3-3. The Morgan fingerprint density at radius 1 is 0.274 bits per heavy atom. The van der Waals surface area contributed by atoms with Gasteiger partial charge in [0.1, 0.15) is 17.5 Å². The molecule has 0 saturated heterocycles. The molecule has 0 fully saturated rings. The summed E-state index contributed by atoms with van der Waals surface area (Å²) in [4.78, 5) is 14.8. The zero-order valence-electron chi connectivity index (χ0n) is 85.5. The molecule has 0 radical (unpaired) electrons. The molecule has 0 atom stereocenters. The molecule has 0 aliphatic rings. The van der Waals surface area contributed by atoms with Crippen LogP contribution in [0.5, 0.6) is 0 Å². The molecule has 18 heteroatoms. The molecule has 15 aromatic carbocycles. The number of hydrogen-bond acceptors (Lipinski definition) is 3. The number of para-hydroxylation sites is 9. The Balaban J connectivity index is 0.000000137. The van der Waals surface area contributed by atoms with E-state index in [2.05, 4.69) is 547 Å². The van der Waals surface area contributed by atoms with E-state index in [9.17, 15) is 0 Å². The van der Waals surface area contributed by atoms with Gasteiger partial charge in [0.15, 0.2) is 52.1 Å². The number of benzene rings is 15. The summed E-state index contributed by atoms with van der Waals surface area (Å²) in [5.41, 5.74) is 31.8. The molecule has 0 unspecified atom stereocenters. The predicted octanol–water partition coefficient (Wildman–Crippen LogP) is 27.6. The number of pyridine rings is 3. The van der Waals surface area contributed by atoms with Crippen molar-refractivity contribution in [1.29, 1.82) is 0 Å². The van der Waals surface area contributed by atoms with E-state index in [0.717, 1.165) is 67.6 Å². The van der Waals surface area contributed by atoms with Gasteiger partial charge in [0, 0.05) is 159 Å². The summed E-state index contributed by atoms with van der Waals surface area (Å²) < 4.78 is 20.6. The first-order chi connectivity index (χ1) is 69.0. The Hall–Kier alpha value is -13.7. The van der Waals surface area contributed by atoms with Crippen LogP contribution in [-0.4, -0.2) is 80.3 Å². The van der Waals surface area contributed by atoms with E-state index in [1.165, 1.54) is 163 Å². The fourth-order valence-electron chi connectivity index (χ4n) is 21.7. The minimum atomic E-state index is -2.25. The molecule has 9 heterocycles. The van der Waals surface area contributed by atoms with Crippen LogP contribution < -0.4 is 31.1 Å². The molecule has 0 aliphatic heterocycles. The summed E-state index contributed by atoms with van der Waals surface area (Å²) in [7, 11) is -4.61. The van der Waals surface area contributed by atoms with Crippen LogP contribution in [0.4, 0.5) is 0 Å². The zero-order chi connectivity index (χ0) is 98.8. The standard InChI is InChI=1S/C44H41N4Si.C43H39N4Si.C41H35N4Si.3Pt/c1-30-14-12-15-31(2)43(30)32-24-25-45-42(26-32)48-38-19-9-8-18-36(38)37-23-22-35(28-41(37)48)49(6,7)34-17-13-16-33(27-34)46-29-47(44(3,4)5)40-21-11-10-20-39(40)46;1-29(2)45-28-46(40-20-10-9-19-39(40)45)33-15-12-16-34(26-33)48(5,6)35-21-22-37-36-17-7-8-18-38(36)47(41(37)27-35)42-25-32(23-24-44-42)43-30(3)13-11-14-31(43)4;1-28-12-10-13-29(2)41(28)30-22-23-42-40(24-30)45-36-17-7-6-16-34(36)35-21-20-33(26-39(35)45)46(4,5)32-15-11-14-31(25-32)44-27-43(3)37-18-8-9-19-38(37)44;;;/h8-26,29H,1-7H3;7-25,28-29H,1-6H3;6-24,27H,1-5H3;;;/q3*-1;;;. The van der Waals surface area contributed by atoms with E-state index in [0.29, 0.717) is 6.04 Å². The van der Waals surface area contributed by atoms with E-state index in [-0.39, 0.29) is 68.7 Å². The van der Waals surface area contributed by atoms with Crippen molar-refractivity contribution < 1.29 is 63.2 Å². The van der Waals surface area contributed by atoms with Gasteiger partial charge in [-0.1, -0.05) is 165 Å². The Labute approximate surface area is 901 Å². The van der Waals surface area contributed by atoms with Crippen LogP contribution >= 0.6 is 0 Å². The first kappa shape index (κ1) is 101. The average molecular weight is 2490 g/mol. The molecule has 0 bridgehead atoms. The predicted molar refractivity (Wildman–Crippen MR) is 607 cm³/mol. The molecule has 0 amide bonds. The molecule has 0 aliphatic carbocycles. The van der Waals surface area contributed by atoms with Crippen molar-refractivity contribution in [2.24, 2.45) is 7.05 Å². The minimum absolute atomic E-state index is 0. The monoisotopic (exact) mass is 2490 g/mol. The first-order valence-electron chi connectivity index (χ1n) is 49.6. The van der Waals surface area contributed by atoms with Crippen molar-refractivity contribution in [3.8, 4) is 67.9 Å². The maximum Gasteiger partial charge on any atom is 0.188 e. The third-order valence-electron chi connectivity index (χ3n) is 29.5. The second-order valence-electron chi connectivity index (χ2n) is 41.3. The molecule has 732 valence electrons. The van der Waals surface area contributed by atoms with Crippen LogP contribution in [0, 0.1) is 77.9 Å². The molecule has 12 nitrogen and oxygen atoms in total. The molecule has 0 spiro atoms. The molecular weight excluding hydrogens is 2370 g/mol.